The number of aryl methyl sites for hydroxylation is 1. The highest BCUT2D eigenvalue weighted by molar-refractivity contribution is 6.38. The lowest BCUT2D eigenvalue weighted by Crippen LogP contribution is -2.55. The number of hydrogen-bond donors (Lipinski definition) is 0. The fourth-order valence-electron chi connectivity index (χ4n) is 11.3. The molecule has 3 saturated heterocycles. The predicted octanol–water partition coefficient (Wildman–Crippen LogP) is 10.4. The van der Waals surface area contributed by atoms with Crippen LogP contribution >= 0.6 is 23.2 Å². The molecule has 67 heavy (non-hydrogen) atoms. The van der Waals surface area contributed by atoms with Gasteiger partial charge < -0.3 is 33.5 Å². The average molecular weight is 952 g/mol. The second kappa shape index (κ2) is 17.6. The van der Waals surface area contributed by atoms with Gasteiger partial charge in [0, 0.05) is 26.2 Å². The Morgan fingerprint density at radius 3 is 2.33 bits per heavy atom. The van der Waals surface area contributed by atoms with Crippen LogP contribution in [0.1, 0.15) is 69.6 Å². The van der Waals surface area contributed by atoms with Crippen LogP contribution in [0.4, 0.5) is 16.0 Å². The molecule has 1 aliphatic carbocycles. The van der Waals surface area contributed by atoms with Crippen LogP contribution < -0.4 is 28.7 Å². The minimum absolute atomic E-state index is 0.00461. The van der Waals surface area contributed by atoms with Crippen LogP contribution in [-0.4, -0.2) is 90.1 Å². The van der Waals surface area contributed by atoms with Crippen molar-refractivity contribution in [3.63, 3.8) is 0 Å². The Hall–Kier alpha value is -5.37. The number of fused-ring (bicyclic) bond motifs is 6. The number of piperidine rings is 1. The van der Waals surface area contributed by atoms with Gasteiger partial charge in [-0.25, -0.2) is 9.37 Å². The van der Waals surface area contributed by atoms with E-state index in [-0.39, 0.29) is 80.5 Å². The number of pyridine rings is 1. The van der Waals surface area contributed by atoms with Gasteiger partial charge in [-0.3, -0.25) is 9.69 Å². The van der Waals surface area contributed by atoms with Gasteiger partial charge >= 0.3 is 12.0 Å². The fourth-order valence-corrected chi connectivity index (χ4v) is 11.8. The lowest BCUT2D eigenvalue weighted by molar-refractivity contribution is -0.164. The van der Waals surface area contributed by atoms with Crippen molar-refractivity contribution >= 4 is 51.7 Å². The molecule has 5 aromatic rings. The maximum absolute atomic E-state index is 18.1. The first-order chi connectivity index (χ1) is 32.1. The molecule has 4 fully saturated rings. The highest BCUT2D eigenvalue weighted by Crippen LogP contribution is 2.54. The molecule has 10 rings (SSSR count). The Bertz CT molecular complexity index is 2700. The lowest BCUT2D eigenvalue weighted by atomic mass is 9.80. The van der Waals surface area contributed by atoms with Crippen molar-refractivity contribution in [3.05, 3.63) is 99.3 Å². The van der Waals surface area contributed by atoms with E-state index in [1.807, 2.05) is 82.3 Å². The average Bonchev–Trinajstić information content (AvgIpc) is 3.91. The number of methoxy groups -OCH3 is 2. The van der Waals surface area contributed by atoms with Crippen molar-refractivity contribution in [3.8, 4) is 34.5 Å². The number of carbonyl (C=O) groups excluding carboxylic acids is 1. The molecule has 1 unspecified atom stereocenters. The summed E-state index contributed by atoms with van der Waals surface area (Å²) in [7, 11) is 3.27. The summed E-state index contributed by atoms with van der Waals surface area (Å²) >= 11 is 14.7. The number of esters is 1. The Kier molecular flexibility index (Phi) is 11.9. The number of benzene rings is 3. The van der Waals surface area contributed by atoms with Gasteiger partial charge in [0.2, 0.25) is 0 Å². The maximum atomic E-state index is 18.1. The van der Waals surface area contributed by atoms with Crippen molar-refractivity contribution in [1.29, 1.82) is 0 Å². The second-order valence-corrected chi connectivity index (χ2v) is 20.7. The largest absolute Gasteiger partial charge is 0.497 e. The number of aromatic nitrogens is 3. The number of hydrogen-bond acceptors (Lipinski definition) is 12. The Morgan fingerprint density at radius 1 is 0.985 bits per heavy atom. The SMILES string of the molecule is C=C1CN2CCC[C@@]2(COc2nc3c4c(c(Cl)c(-c5nc(N(Cc6ccc(OC)cc6)Cc6ccc(OC)cc6)cc(C)c5Cl)c(F)c4n2)OC[C@@H]2[C@@H]4CC[C@H](CN32)C4C(=O)OC(C)(C)C)C1. The third kappa shape index (κ3) is 8.39. The van der Waals surface area contributed by atoms with Crippen molar-refractivity contribution < 1.29 is 32.9 Å². The van der Waals surface area contributed by atoms with Crippen LogP contribution in [0.2, 0.25) is 10.0 Å². The van der Waals surface area contributed by atoms with Crippen LogP contribution in [0.25, 0.3) is 22.2 Å². The van der Waals surface area contributed by atoms with E-state index in [0.29, 0.717) is 48.8 Å². The van der Waals surface area contributed by atoms with Gasteiger partial charge in [0.25, 0.3) is 0 Å². The third-order valence-corrected chi connectivity index (χ3v) is 15.3. The maximum Gasteiger partial charge on any atom is 0.319 e. The molecule has 5 atom stereocenters. The molecular formula is C52H57Cl2FN6O6. The number of nitrogens with zero attached hydrogens (tertiary/aromatic N) is 6. The summed E-state index contributed by atoms with van der Waals surface area (Å²) in [6, 6.07) is 17.4. The standard InChI is InChI=1S/C52H57Cl2FN6O6/c1-29-22-52(19-8-20-60(52)23-29)28-66-50-57-46-41-47(65-27-37-36-18-13-33(26-61(37)48(41)58-50)39(36)49(62)67-51(3,4)5)43(54)40(44(46)55)45-42(53)30(2)21-38(56-45)59(24-31-9-14-34(63-6)15-10-31)25-32-11-16-35(64-7)17-12-32/h9-12,14-17,21,33,36-37,39H,1,8,13,18-20,22-28H2,2-7H3/t33-,36+,37-,39?,52+/m1/s1. The number of rotatable bonds is 12. The number of anilines is 2. The number of ether oxygens (including phenoxy) is 5. The molecule has 2 aromatic heterocycles. The molecule has 0 amide bonds. The van der Waals surface area contributed by atoms with E-state index in [2.05, 4.69) is 21.3 Å². The van der Waals surface area contributed by atoms with Crippen LogP contribution in [0.5, 0.6) is 23.3 Å². The molecule has 15 heteroatoms. The summed E-state index contributed by atoms with van der Waals surface area (Å²) in [6.45, 7) is 15.5. The highest BCUT2D eigenvalue weighted by atomic mass is 35.5. The summed E-state index contributed by atoms with van der Waals surface area (Å²) in [5, 5.41) is 0.585. The van der Waals surface area contributed by atoms with Crippen molar-refractivity contribution in [2.45, 2.75) is 90.1 Å². The number of halogens is 3. The van der Waals surface area contributed by atoms with Gasteiger partial charge in [0.1, 0.15) is 47.5 Å². The van der Waals surface area contributed by atoms with E-state index in [1.165, 1.54) is 5.57 Å². The fraction of sp³-hybridized carbons (Fsp3) is 0.462. The molecule has 1 saturated carbocycles. The van der Waals surface area contributed by atoms with Gasteiger partial charge in [0.15, 0.2) is 11.6 Å². The van der Waals surface area contributed by atoms with E-state index in [0.717, 1.165) is 67.8 Å². The zero-order chi connectivity index (χ0) is 46.9. The van der Waals surface area contributed by atoms with Gasteiger partial charge in [-0.2, -0.15) is 9.97 Å². The van der Waals surface area contributed by atoms with E-state index in [9.17, 15) is 4.79 Å². The summed E-state index contributed by atoms with van der Waals surface area (Å²) in [5.74, 6) is 1.39. The summed E-state index contributed by atoms with van der Waals surface area (Å²) in [4.78, 5) is 35.7. The van der Waals surface area contributed by atoms with Crippen LogP contribution in [0.3, 0.4) is 0 Å². The summed E-state index contributed by atoms with van der Waals surface area (Å²) < 4.78 is 48.4. The molecule has 4 aliphatic heterocycles. The van der Waals surface area contributed by atoms with Gasteiger partial charge in [-0.1, -0.05) is 59.6 Å². The first kappa shape index (κ1) is 45.4. The monoisotopic (exact) mass is 950 g/mol. The van der Waals surface area contributed by atoms with E-state index >= 15 is 4.39 Å². The first-order valence-corrected chi connectivity index (χ1v) is 24.0. The Labute approximate surface area is 401 Å². The molecule has 12 nitrogen and oxygen atoms in total. The lowest BCUT2D eigenvalue weighted by Gasteiger charge is -2.43. The minimum atomic E-state index is -0.719. The third-order valence-electron chi connectivity index (χ3n) is 14.4. The Morgan fingerprint density at radius 2 is 1.67 bits per heavy atom. The quantitative estimate of drug-likeness (QED) is 0.0877. The molecule has 0 radical (unpaired) electrons. The molecular weight excluding hydrogens is 895 g/mol. The van der Waals surface area contributed by atoms with E-state index < -0.39 is 11.4 Å². The molecule has 352 valence electrons. The van der Waals surface area contributed by atoms with E-state index in [4.69, 9.17) is 61.8 Å². The van der Waals surface area contributed by atoms with Crippen LogP contribution in [0, 0.1) is 30.5 Å². The molecule has 0 N–H and O–H groups in total. The topological polar surface area (TPSA) is 112 Å². The molecule has 5 aliphatic rings. The Balaban J connectivity index is 1.10. The molecule has 0 spiro atoms. The van der Waals surface area contributed by atoms with Crippen LogP contribution in [0.15, 0.2) is 66.7 Å². The molecule has 2 bridgehead atoms. The van der Waals surface area contributed by atoms with Crippen molar-refractivity contribution in [1.82, 2.24) is 19.9 Å². The number of carbonyl (C=O) groups is 1. The van der Waals surface area contributed by atoms with Crippen molar-refractivity contribution in [2.75, 3.05) is 56.9 Å². The predicted molar refractivity (Wildman–Crippen MR) is 258 cm³/mol. The molecule has 3 aromatic carbocycles. The minimum Gasteiger partial charge on any atom is -0.497 e. The van der Waals surface area contributed by atoms with Gasteiger partial charge in [0.05, 0.1) is 58.4 Å². The summed E-state index contributed by atoms with van der Waals surface area (Å²) in [5.41, 5.74) is 3.09. The molecule has 6 heterocycles. The second-order valence-electron chi connectivity index (χ2n) is 20.0. The van der Waals surface area contributed by atoms with Gasteiger partial charge in [-0.05, 0) is 125 Å². The van der Waals surface area contributed by atoms with E-state index in [1.54, 1.807) is 14.2 Å². The zero-order valence-electron chi connectivity index (χ0n) is 39.0. The van der Waals surface area contributed by atoms with Crippen molar-refractivity contribution in [2.24, 2.45) is 17.8 Å². The van der Waals surface area contributed by atoms with Gasteiger partial charge in [-0.15, -0.1) is 0 Å². The highest BCUT2D eigenvalue weighted by Gasteiger charge is 2.54. The summed E-state index contributed by atoms with van der Waals surface area (Å²) in [6.07, 6.45) is 4.47. The normalized spacial score (nSPS) is 23.1. The van der Waals surface area contributed by atoms with Crippen LogP contribution in [-0.2, 0) is 22.6 Å². The zero-order valence-corrected chi connectivity index (χ0v) is 40.5. The smallest absolute Gasteiger partial charge is 0.319 e. The first-order valence-electron chi connectivity index (χ1n) is 23.2.